The van der Waals surface area contributed by atoms with Crippen molar-refractivity contribution in [1.29, 1.82) is 0 Å². The molecule has 0 amide bonds. The monoisotopic (exact) mass is 526 g/mol. The highest BCUT2D eigenvalue weighted by Crippen LogP contribution is 2.35. The van der Waals surface area contributed by atoms with Crippen molar-refractivity contribution in [2.75, 3.05) is 0 Å². The lowest BCUT2D eigenvalue weighted by Crippen LogP contribution is -2.02. The third-order valence-electron chi connectivity index (χ3n) is 7.78. The first kappa shape index (κ1) is 32.6. The van der Waals surface area contributed by atoms with E-state index in [0.29, 0.717) is 0 Å². The minimum Gasteiger partial charge on any atom is -0.348 e. The van der Waals surface area contributed by atoms with Gasteiger partial charge in [0.2, 0.25) is 0 Å². The van der Waals surface area contributed by atoms with E-state index >= 15 is 0 Å². The van der Waals surface area contributed by atoms with Crippen molar-refractivity contribution in [3.05, 3.63) is 87.5 Å². The van der Waals surface area contributed by atoms with Crippen molar-refractivity contribution in [2.24, 2.45) is 0 Å². The second kappa shape index (κ2) is 20.3. The fourth-order valence-corrected chi connectivity index (χ4v) is 5.37. The molecule has 39 heavy (non-hydrogen) atoms. The average molecular weight is 527 g/mol. The van der Waals surface area contributed by atoms with Crippen LogP contribution in [0.4, 0.5) is 0 Å². The smallest absolute Gasteiger partial charge is 0.303 e. The summed E-state index contributed by atoms with van der Waals surface area (Å²) >= 11 is 0. The van der Waals surface area contributed by atoms with Crippen molar-refractivity contribution in [2.45, 2.75) is 137 Å². The zero-order chi connectivity index (χ0) is 28.1. The second-order valence-corrected chi connectivity index (χ2v) is 11.1. The SMILES string of the molecule is CCCCCCC(=C=[N+]=[N-])C(CCCCC)=C(c1ccc(CCCC)cc1)c1ccc(CCCCCC)cc1. The predicted molar refractivity (Wildman–Crippen MR) is 170 cm³/mol. The molecule has 0 aromatic heterocycles. The van der Waals surface area contributed by atoms with Crippen LogP contribution in [0.5, 0.6) is 0 Å². The summed E-state index contributed by atoms with van der Waals surface area (Å²) in [5, 5.41) is 0. The Labute approximate surface area is 240 Å². The first-order chi connectivity index (χ1) is 19.2. The molecule has 2 aromatic rings. The van der Waals surface area contributed by atoms with Gasteiger partial charge in [0.15, 0.2) is 0 Å². The van der Waals surface area contributed by atoms with Gasteiger partial charge in [-0.1, -0.05) is 134 Å². The first-order valence-corrected chi connectivity index (χ1v) is 16.1. The summed E-state index contributed by atoms with van der Waals surface area (Å²) < 4.78 is 0. The van der Waals surface area contributed by atoms with E-state index < -0.39 is 0 Å². The molecule has 0 aliphatic carbocycles. The van der Waals surface area contributed by atoms with E-state index in [1.165, 1.54) is 104 Å². The summed E-state index contributed by atoms with van der Waals surface area (Å²) in [6.07, 6.45) is 20.0. The number of unbranched alkanes of at least 4 members (excludes halogenated alkanes) is 9. The number of aryl methyl sites for hydroxylation is 2. The van der Waals surface area contributed by atoms with Gasteiger partial charge >= 0.3 is 5.87 Å². The van der Waals surface area contributed by atoms with Gasteiger partial charge in [-0.15, -0.1) is 4.79 Å². The molecule has 0 spiro atoms. The fourth-order valence-electron chi connectivity index (χ4n) is 5.37. The molecule has 0 bridgehead atoms. The van der Waals surface area contributed by atoms with E-state index in [2.05, 4.69) is 86.9 Å². The van der Waals surface area contributed by atoms with Crippen LogP contribution in [-0.4, -0.2) is 10.7 Å². The first-order valence-electron chi connectivity index (χ1n) is 16.1. The van der Waals surface area contributed by atoms with Crippen LogP contribution in [0.1, 0.15) is 146 Å². The van der Waals surface area contributed by atoms with Gasteiger partial charge in [0.25, 0.3) is 0 Å². The fraction of sp³-hybridized carbons (Fsp3) is 0.568. The molecule has 0 radical (unpaired) electrons. The van der Waals surface area contributed by atoms with E-state index in [4.69, 9.17) is 0 Å². The zero-order valence-corrected chi connectivity index (χ0v) is 25.5. The number of rotatable bonds is 20. The Morgan fingerprint density at radius 2 is 1.03 bits per heavy atom. The van der Waals surface area contributed by atoms with Crippen LogP contribution in [-0.2, 0) is 12.8 Å². The molecule has 0 unspecified atom stereocenters. The van der Waals surface area contributed by atoms with Gasteiger partial charge in [-0.05, 0) is 84.8 Å². The molecule has 2 nitrogen and oxygen atoms in total. The van der Waals surface area contributed by atoms with E-state index in [-0.39, 0.29) is 0 Å². The van der Waals surface area contributed by atoms with E-state index in [9.17, 15) is 5.53 Å². The van der Waals surface area contributed by atoms with Crippen molar-refractivity contribution >= 4 is 11.4 Å². The van der Waals surface area contributed by atoms with Gasteiger partial charge in [0.1, 0.15) is 0 Å². The van der Waals surface area contributed by atoms with Crippen LogP contribution in [0.3, 0.4) is 0 Å². The highest BCUT2D eigenvalue weighted by Gasteiger charge is 2.18. The Hall–Kier alpha value is -2.66. The minimum atomic E-state index is 0.902. The Bertz CT molecular complexity index is 1050. The van der Waals surface area contributed by atoms with Gasteiger partial charge in [-0.2, -0.15) is 0 Å². The second-order valence-electron chi connectivity index (χ2n) is 11.1. The lowest BCUT2D eigenvalue weighted by atomic mass is 9.84. The van der Waals surface area contributed by atoms with E-state index in [0.717, 1.165) is 44.1 Å². The predicted octanol–water partition coefficient (Wildman–Crippen LogP) is 11.3. The molecule has 2 rings (SSSR count). The maximum absolute atomic E-state index is 9.63. The van der Waals surface area contributed by atoms with Crippen molar-refractivity contribution < 1.29 is 4.79 Å². The maximum Gasteiger partial charge on any atom is 0.303 e. The molecule has 2 aromatic carbocycles. The standard InChI is InChI=1S/C37H54N2/c1-5-9-13-16-19-32-24-28-34(29-25-32)37(33-26-22-31(23-27-33)18-12-8-4)36(21-15-11-7-3)35(30-39-38)20-17-14-10-6-2/h22-29H,5-21H2,1-4H3. The number of hydrogen-bond acceptors (Lipinski definition) is 0. The van der Waals surface area contributed by atoms with Gasteiger partial charge in [0.05, 0.1) is 5.57 Å². The zero-order valence-electron chi connectivity index (χ0n) is 25.5. The number of benzene rings is 2. The lowest BCUT2D eigenvalue weighted by molar-refractivity contribution is 0.00739. The molecule has 0 N–H and O–H groups in total. The Balaban J connectivity index is 2.58. The van der Waals surface area contributed by atoms with Gasteiger partial charge in [0, 0.05) is 0 Å². The summed E-state index contributed by atoms with van der Waals surface area (Å²) in [5.41, 5.74) is 18.6. The molecule has 0 saturated heterocycles. The van der Waals surface area contributed by atoms with Crippen LogP contribution < -0.4 is 0 Å². The van der Waals surface area contributed by atoms with Gasteiger partial charge < -0.3 is 5.53 Å². The van der Waals surface area contributed by atoms with Crippen molar-refractivity contribution in [1.82, 2.24) is 0 Å². The molecule has 0 saturated carbocycles. The molecule has 0 atom stereocenters. The van der Waals surface area contributed by atoms with Crippen molar-refractivity contribution in [3.63, 3.8) is 0 Å². The van der Waals surface area contributed by atoms with Crippen molar-refractivity contribution in [3.8, 4) is 0 Å². The Morgan fingerprint density at radius 1 is 0.564 bits per heavy atom. The summed E-state index contributed by atoms with van der Waals surface area (Å²) in [6.45, 7) is 9.03. The molecule has 212 valence electrons. The number of allylic oxidation sites excluding steroid dienone is 2. The van der Waals surface area contributed by atoms with Crippen LogP contribution in [0.2, 0.25) is 0 Å². The molecule has 0 aliphatic rings. The summed E-state index contributed by atoms with van der Waals surface area (Å²) in [7, 11) is 0. The molecule has 0 fully saturated rings. The third-order valence-corrected chi connectivity index (χ3v) is 7.78. The molecule has 2 heteroatoms. The quantitative estimate of drug-likeness (QED) is 0.0541. The van der Waals surface area contributed by atoms with Crippen LogP contribution in [0.25, 0.3) is 11.1 Å². The summed E-state index contributed by atoms with van der Waals surface area (Å²) in [5.74, 6) is 3.04. The number of nitrogens with zero attached hydrogens (tertiary/aromatic N) is 2. The normalized spacial score (nSPS) is 11.6. The summed E-state index contributed by atoms with van der Waals surface area (Å²) in [4.78, 5) is 3.44. The maximum atomic E-state index is 9.63. The Morgan fingerprint density at radius 3 is 1.54 bits per heavy atom. The highest BCUT2D eigenvalue weighted by atomic mass is 14.8. The lowest BCUT2D eigenvalue weighted by Gasteiger charge is -2.18. The van der Waals surface area contributed by atoms with E-state index in [1.54, 1.807) is 0 Å². The van der Waals surface area contributed by atoms with Crippen LogP contribution >= 0.6 is 0 Å². The highest BCUT2D eigenvalue weighted by molar-refractivity contribution is 5.87. The largest absolute Gasteiger partial charge is 0.348 e. The molecule has 0 aliphatic heterocycles. The molecular weight excluding hydrogens is 472 g/mol. The molecular formula is C37H54N2. The average Bonchev–Trinajstić information content (AvgIpc) is 2.96. The molecule has 0 heterocycles. The minimum absolute atomic E-state index is 0.902. The van der Waals surface area contributed by atoms with E-state index in [1.807, 2.05) is 0 Å². The topological polar surface area (TPSA) is 36.4 Å². The summed E-state index contributed by atoms with van der Waals surface area (Å²) in [6, 6.07) is 18.5. The van der Waals surface area contributed by atoms with Gasteiger partial charge in [-0.25, -0.2) is 0 Å². The van der Waals surface area contributed by atoms with Gasteiger partial charge in [-0.3, -0.25) is 0 Å². The van der Waals surface area contributed by atoms with Crippen LogP contribution in [0.15, 0.2) is 59.7 Å². The third kappa shape index (κ3) is 11.9. The number of hydrogen-bond donors (Lipinski definition) is 0. The van der Waals surface area contributed by atoms with Crippen LogP contribution in [0, 0.1) is 0 Å². The Kier molecular flexibility index (Phi) is 16.9.